The van der Waals surface area contributed by atoms with E-state index in [4.69, 9.17) is 18.0 Å². The zero-order chi connectivity index (χ0) is 5.98. The van der Waals surface area contributed by atoms with Gasteiger partial charge in [-0.05, 0) is 12.8 Å². The fourth-order valence-corrected chi connectivity index (χ4v) is 0.955. The van der Waals surface area contributed by atoms with E-state index in [0.717, 1.165) is 17.7 Å². The number of hydrogen-bond donors (Lipinski definition) is 1. The molecule has 0 aromatic carbocycles. The molecule has 1 nitrogen and oxygen atoms in total. The van der Waals surface area contributed by atoms with Crippen molar-refractivity contribution < 1.29 is 0 Å². The summed E-state index contributed by atoms with van der Waals surface area (Å²) in [4.78, 5) is 0.899. The molecule has 0 saturated heterocycles. The SMILES string of the molecule is NC1CCC=CC1=S. The molecule has 2 N–H and O–H groups in total. The van der Waals surface area contributed by atoms with E-state index in [1.807, 2.05) is 6.08 Å². The number of rotatable bonds is 0. The lowest BCUT2D eigenvalue weighted by atomic mass is 10.0. The van der Waals surface area contributed by atoms with Crippen molar-refractivity contribution in [3.8, 4) is 0 Å². The Balaban J connectivity index is 2.60. The molecule has 0 heterocycles. The van der Waals surface area contributed by atoms with E-state index in [9.17, 15) is 0 Å². The summed E-state index contributed by atoms with van der Waals surface area (Å²) in [6, 6.07) is 0.148. The lowest BCUT2D eigenvalue weighted by Crippen LogP contribution is -2.29. The minimum atomic E-state index is 0.148. The van der Waals surface area contributed by atoms with Crippen molar-refractivity contribution in [2.24, 2.45) is 5.73 Å². The highest BCUT2D eigenvalue weighted by Gasteiger charge is 2.07. The van der Waals surface area contributed by atoms with E-state index in [0.29, 0.717) is 0 Å². The summed E-state index contributed by atoms with van der Waals surface area (Å²) < 4.78 is 0. The maximum atomic E-state index is 5.59. The van der Waals surface area contributed by atoms with Gasteiger partial charge in [0.15, 0.2) is 0 Å². The molecule has 44 valence electrons. The van der Waals surface area contributed by atoms with E-state index in [2.05, 4.69) is 6.08 Å². The molecule has 0 fully saturated rings. The van der Waals surface area contributed by atoms with E-state index in [1.165, 1.54) is 0 Å². The molecular formula is C6H9NS. The lowest BCUT2D eigenvalue weighted by Gasteiger charge is -2.11. The third kappa shape index (κ3) is 1.14. The second-order valence-electron chi connectivity index (χ2n) is 1.99. The van der Waals surface area contributed by atoms with Gasteiger partial charge in [0.05, 0.1) is 0 Å². The summed E-state index contributed by atoms with van der Waals surface area (Å²) in [7, 11) is 0. The number of hydrogen-bond acceptors (Lipinski definition) is 2. The molecule has 0 saturated carbocycles. The van der Waals surface area contributed by atoms with Crippen molar-refractivity contribution in [3.05, 3.63) is 12.2 Å². The van der Waals surface area contributed by atoms with Gasteiger partial charge in [-0.1, -0.05) is 24.4 Å². The van der Waals surface area contributed by atoms with Crippen molar-refractivity contribution in [2.75, 3.05) is 0 Å². The van der Waals surface area contributed by atoms with Gasteiger partial charge in [0, 0.05) is 10.9 Å². The molecule has 0 aromatic rings. The molecule has 1 rings (SSSR count). The Morgan fingerprint density at radius 3 is 2.88 bits per heavy atom. The van der Waals surface area contributed by atoms with Gasteiger partial charge in [0.25, 0.3) is 0 Å². The molecule has 1 atom stereocenters. The summed E-state index contributed by atoms with van der Waals surface area (Å²) in [5.41, 5.74) is 5.59. The zero-order valence-electron chi connectivity index (χ0n) is 4.63. The molecule has 1 unspecified atom stereocenters. The molecule has 1 aliphatic carbocycles. The Kier molecular flexibility index (Phi) is 1.76. The molecule has 0 aliphatic heterocycles. The molecule has 0 spiro atoms. The van der Waals surface area contributed by atoms with Crippen LogP contribution in [0.2, 0.25) is 0 Å². The number of allylic oxidation sites excluding steroid dienone is 1. The van der Waals surface area contributed by atoms with Crippen molar-refractivity contribution in [1.29, 1.82) is 0 Å². The first-order valence-corrected chi connectivity index (χ1v) is 3.17. The van der Waals surface area contributed by atoms with Crippen molar-refractivity contribution in [3.63, 3.8) is 0 Å². The lowest BCUT2D eigenvalue weighted by molar-refractivity contribution is 0.762. The standard InChI is InChI=1S/C6H9NS/c7-5-3-1-2-4-6(5)8/h2,4-5H,1,3,7H2. The van der Waals surface area contributed by atoms with Crippen LogP contribution >= 0.6 is 12.2 Å². The first-order chi connectivity index (χ1) is 3.80. The predicted octanol–water partition coefficient (Wildman–Crippen LogP) is 1.03. The Morgan fingerprint density at radius 2 is 2.50 bits per heavy atom. The Bertz CT molecular complexity index is 128. The highest BCUT2D eigenvalue weighted by molar-refractivity contribution is 7.80. The maximum Gasteiger partial charge on any atom is 0.0400 e. The van der Waals surface area contributed by atoms with Gasteiger partial charge in [-0.3, -0.25) is 0 Å². The molecule has 0 bridgehead atoms. The molecular weight excluding hydrogens is 118 g/mol. The highest BCUT2D eigenvalue weighted by Crippen LogP contribution is 2.05. The predicted molar refractivity (Wildman–Crippen MR) is 38.9 cm³/mol. The van der Waals surface area contributed by atoms with Crippen LogP contribution in [0.25, 0.3) is 0 Å². The van der Waals surface area contributed by atoms with Gasteiger partial charge >= 0.3 is 0 Å². The third-order valence-corrected chi connectivity index (χ3v) is 1.73. The molecule has 1 aliphatic rings. The Labute approximate surface area is 54.6 Å². The maximum absolute atomic E-state index is 5.59. The van der Waals surface area contributed by atoms with Crippen LogP contribution in [0, 0.1) is 0 Å². The second-order valence-corrected chi connectivity index (χ2v) is 2.46. The largest absolute Gasteiger partial charge is 0.323 e. The average Bonchev–Trinajstić information content (AvgIpc) is 1.77. The molecule has 8 heavy (non-hydrogen) atoms. The minimum Gasteiger partial charge on any atom is -0.323 e. The molecule has 0 aromatic heterocycles. The summed E-state index contributed by atoms with van der Waals surface area (Å²) in [6.45, 7) is 0. The van der Waals surface area contributed by atoms with Crippen LogP contribution in [-0.2, 0) is 0 Å². The van der Waals surface area contributed by atoms with Crippen LogP contribution in [-0.4, -0.2) is 10.9 Å². The van der Waals surface area contributed by atoms with Gasteiger partial charge in [0.2, 0.25) is 0 Å². The Morgan fingerprint density at radius 1 is 1.75 bits per heavy atom. The topological polar surface area (TPSA) is 26.0 Å². The van der Waals surface area contributed by atoms with Crippen LogP contribution in [0.1, 0.15) is 12.8 Å². The van der Waals surface area contributed by atoms with Crippen LogP contribution in [0.5, 0.6) is 0 Å². The summed E-state index contributed by atoms with van der Waals surface area (Å²) in [5, 5.41) is 0. The molecule has 0 amide bonds. The van der Waals surface area contributed by atoms with Crippen LogP contribution in [0.4, 0.5) is 0 Å². The fraction of sp³-hybridized carbons (Fsp3) is 0.500. The molecule has 0 radical (unpaired) electrons. The van der Waals surface area contributed by atoms with Crippen LogP contribution in [0.3, 0.4) is 0 Å². The summed E-state index contributed by atoms with van der Waals surface area (Å²) >= 11 is 4.92. The smallest absolute Gasteiger partial charge is 0.0400 e. The highest BCUT2D eigenvalue weighted by atomic mass is 32.1. The average molecular weight is 127 g/mol. The summed E-state index contributed by atoms with van der Waals surface area (Å²) in [5.74, 6) is 0. The van der Waals surface area contributed by atoms with Gasteiger partial charge in [0.1, 0.15) is 0 Å². The van der Waals surface area contributed by atoms with Gasteiger partial charge < -0.3 is 5.73 Å². The second kappa shape index (κ2) is 2.37. The normalized spacial score (nSPS) is 28.6. The quantitative estimate of drug-likeness (QED) is 0.492. The zero-order valence-corrected chi connectivity index (χ0v) is 5.45. The number of nitrogens with two attached hydrogens (primary N) is 1. The first-order valence-electron chi connectivity index (χ1n) is 2.76. The van der Waals surface area contributed by atoms with E-state index in [-0.39, 0.29) is 6.04 Å². The van der Waals surface area contributed by atoms with E-state index < -0.39 is 0 Å². The van der Waals surface area contributed by atoms with E-state index in [1.54, 1.807) is 0 Å². The van der Waals surface area contributed by atoms with Crippen LogP contribution in [0.15, 0.2) is 12.2 Å². The van der Waals surface area contributed by atoms with Crippen molar-refractivity contribution in [2.45, 2.75) is 18.9 Å². The third-order valence-electron chi connectivity index (χ3n) is 1.29. The Hall–Kier alpha value is -0.210. The van der Waals surface area contributed by atoms with Crippen molar-refractivity contribution >= 4 is 17.1 Å². The monoisotopic (exact) mass is 127 g/mol. The van der Waals surface area contributed by atoms with Gasteiger partial charge in [-0.2, -0.15) is 0 Å². The summed E-state index contributed by atoms with van der Waals surface area (Å²) in [6.07, 6.45) is 6.12. The van der Waals surface area contributed by atoms with E-state index >= 15 is 0 Å². The minimum absolute atomic E-state index is 0.148. The fourth-order valence-electron chi connectivity index (χ4n) is 0.741. The van der Waals surface area contributed by atoms with Gasteiger partial charge in [-0.25, -0.2) is 0 Å². The first kappa shape index (κ1) is 5.92. The van der Waals surface area contributed by atoms with Crippen molar-refractivity contribution in [1.82, 2.24) is 0 Å². The van der Waals surface area contributed by atoms with Crippen LogP contribution < -0.4 is 5.73 Å². The number of thiocarbonyl (C=S) groups is 1. The van der Waals surface area contributed by atoms with Gasteiger partial charge in [-0.15, -0.1) is 0 Å². The molecule has 2 heteroatoms.